The Morgan fingerprint density at radius 3 is 2.39 bits per heavy atom. The van der Waals surface area contributed by atoms with E-state index in [1.807, 2.05) is 59.2 Å². The summed E-state index contributed by atoms with van der Waals surface area (Å²) in [6, 6.07) is 15.8. The second-order valence-corrected chi connectivity index (χ2v) is 9.21. The first kappa shape index (κ1) is 23.9. The Balaban J connectivity index is 1.36. The van der Waals surface area contributed by atoms with Crippen molar-refractivity contribution in [2.45, 2.75) is 6.04 Å². The Morgan fingerprint density at radius 1 is 0.972 bits per heavy atom. The van der Waals surface area contributed by atoms with Crippen molar-refractivity contribution in [2.75, 3.05) is 58.3 Å². The number of rotatable bonds is 6. The Morgan fingerprint density at radius 2 is 1.67 bits per heavy atom. The molecule has 9 heteroatoms. The van der Waals surface area contributed by atoms with E-state index in [0.717, 1.165) is 29.4 Å². The lowest BCUT2D eigenvalue weighted by molar-refractivity contribution is -0.526. The van der Waals surface area contributed by atoms with Crippen LogP contribution in [0.2, 0.25) is 0 Å². The number of hydrogen-bond acceptors (Lipinski definition) is 5. The van der Waals surface area contributed by atoms with Crippen LogP contribution in [0.15, 0.2) is 65.7 Å². The molecule has 2 fully saturated rings. The van der Waals surface area contributed by atoms with Crippen molar-refractivity contribution in [1.29, 1.82) is 0 Å². The van der Waals surface area contributed by atoms with Gasteiger partial charge < -0.3 is 4.90 Å². The van der Waals surface area contributed by atoms with E-state index in [0.29, 0.717) is 37.7 Å². The van der Waals surface area contributed by atoms with Gasteiger partial charge in [0.05, 0.1) is 5.69 Å². The molecule has 3 aliphatic rings. The second kappa shape index (κ2) is 10.0. The molecule has 2 saturated heterocycles. The number of carbonyl (C=O) groups excluding carboxylic acids is 2. The van der Waals surface area contributed by atoms with Crippen LogP contribution in [0.3, 0.4) is 0 Å². The van der Waals surface area contributed by atoms with Gasteiger partial charge in [-0.15, -0.1) is 0 Å². The van der Waals surface area contributed by atoms with Crippen LogP contribution in [0.25, 0.3) is 6.08 Å². The van der Waals surface area contributed by atoms with Gasteiger partial charge in [-0.25, -0.2) is 13.8 Å². The number of piperazine rings is 1. The molecule has 0 aliphatic carbocycles. The van der Waals surface area contributed by atoms with Crippen molar-refractivity contribution in [3.05, 3.63) is 72.1 Å². The zero-order chi connectivity index (χ0) is 25.2. The van der Waals surface area contributed by atoms with Gasteiger partial charge in [0.2, 0.25) is 0 Å². The van der Waals surface area contributed by atoms with Crippen LogP contribution >= 0.6 is 0 Å². The standard InChI is InChI=1S/C27H30FN6O2/c1-30-25-24(26(35)31(2)27(30)36)34(14-8-11-20-9-4-3-5-10-20)23(29-25)19-32-15-17-33(18-16-32)22-13-7-6-12-21(22)28/h3-13,24H,14-19H2,1-2H3/q+1/b11-8+. The van der Waals surface area contributed by atoms with Crippen molar-refractivity contribution in [2.24, 2.45) is 4.99 Å². The van der Waals surface area contributed by atoms with E-state index in [-0.39, 0.29) is 17.8 Å². The van der Waals surface area contributed by atoms with E-state index >= 15 is 0 Å². The molecule has 3 amide bonds. The third kappa shape index (κ3) is 4.54. The maximum absolute atomic E-state index is 14.2. The number of nitrogens with zero attached hydrogens (tertiary/aromatic N) is 6. The first-order valence-electron chi connectivity index (χ1n) is 12.1. The first-order valence-corrected chi connectivity index (χ1v) is 12.1. The highest BCUT2D eigenvalue weighted by Crippen LogP contribution is 2.22. The highest BCUT2D eigenvalue weighted by molar-refractivity contribution is 6.23. The number of urea groups is 1. The highest BCUT2D eigenvalue weighted by atomic mass is 19.1. The van der Waals surface area contributed by atoms with E-state index in [4.69, 9.17) is 4.99 Å². The number of likely N-dealkylation sites (N-methyl/N-ethyl adjacent to an activating group) is 2. The summed E-state index contributed by atoms with van der Waals surface area (Å²) < 4.78 is 16.2. The molecule has 1 atom stereocenters. The summed E-state index contributed by atoms with van der Waals surface area (Å²) in [6.07, 6.45) is 4.04. The van der Waals surface area contributed by atoms with Crippen molar-refractivity contribution < 1.29 is 18.6 Å². The third-order valence-corrected chi connectivity index (χ3v) is 6.96. The van der Waals surface area contributed by atoms with Gasteiger partial charge in [-0.05, 0) is 28.8 Å². The predicted molar refractivity (Wildman–Crippen MR) is 138 cm³/mol. The largest absolute Gasteiger partial charge is 0.367 e. The van der Waals surface area contributed by atoms with E-state index in [1.165, 1.54) is 18.0 Å². The van der Waals surface area contributed by atoms with Crippen molar-refractivity contribution in [3.63, 3.8) is 0 Å². The Kier molecular flexibility index (Phi) is 6.65. The molecule has 0 saturated carbocycles. The molecule has 1 unspecified atom stereocenters. The zero-order valence-electron chi connectivity index (χ0n) is 20.5. The maximum Gasteiger partial charge on any atom is 0.333 e. The number of fused-ring (bicyclic) bond motifs is 1. The minimum Gasteiger partial charge on any atom is -0.367 e. The van der Waals surface area contributed by atoms with E-state index in [9.17, 15) is 14.0 Å². The smallest absolute Gasteiger partial charge is 0.333 e. The summed E-state index contributed by atoms with van der Waals surface area (Å²) in [4.78, 5) is 37.4. The fraction of sp³-hybridized carbons (Fsp3) is 0.333. The number of hydrogen-bond donors (Lipinski definition) is 0. The van der Waals surface area contributed by atoms with Crippen molar-refractivity contribution in [1.82, 2.24) is 14.7 Å². The average molecular weight is 490 g/mol. The SMILES string of the molecule is CN1C(=O)C2C(=NC(CN3CCN(c4ccccc4F)CC3)=[N+]2C/C=C/c2ccccc2)N(C)C1=O. The van der Waals surface area contributed by atoms with Crippen molar-refractivity contribution in [3.8, 4) is 0 Å². The first-order chi connectivity index (χ1) is 17.4. The Labute approximate surface area is 210 Å². The fourth-order valence-electron chi connectivity index (χ4n) is 4.91. The number of para-hydroxylation sites is 1. The molecule has 0 bridgehead atoms. The molecular weight excluding hydrogens is 459 g/mol. The molecule has 36 heavy (non-hydrogen) atoms. The van der Waals surface area contributed by atoms with Crippen LogP contribution in [0.1, 0.15) is 5.56 Å². The summed E-state index contributed by atoms with van der Waals surface area (Å²) in [5.74, 6) is 0.745. The Bertz CT molecular complexity index is 1250. The van der Waals surface area contributed by atoms with Crippen LogP contribution in [0.5, 0.6) is 0 Å². The average Bonchev–Trinajstić information content (AvgIpc) is 3.26. The number of benzene rings is 2. The van der Waals surface area contributed by atoms with Gasteiger partial charge in [-0.1, -0.05) is 48.5 Å². The predicted octanol–water partition coefficient (Wildman–Crippen LogP) is 2.38. The molecule has 0 N–H and O–H groups in total. The number of anilines is 1. The van der Waals surface area contributed by atoms with Crippen molar-refractivity contribution >= 4 is 35.4 Å². The molecule has 3 aliphatic heterocycles. The van der Waals surface area contributed by atoms with E-state index < -0.39 is 6.04 Å². The van der Waals surface area contributed by atoms with Gasteiger partial charge in [0.1, 0.15) is 18.9 Å². The second-order valence-electron chi connectivity index (χ2n) is 9.21. The number of aliphatic imine (C=N–C) groups is 1. The lowest BCUT2D eigenvalue weighted by atomic mass is 10.1. The normalized spacial score (nSPS) is 21.0. The van der Waals surface area contributed by atoms with E-state index in [2.05, 4.69) is 9.80 Å². The van der Waals surface area contributed by atoms with Gasteiger partial charge >= 0.3 is 11.9 Å². The molecule has 2 aromatic rings. The van der Waals surface area contributed by atoms with Gasteiger partial charge in [-0.2, -0.15) is 0 Å². The number of halogens is 1. The maximum atomic E-state index is 14.2. The minimum atomic E-state index is -0.632. The summed E-state index contributed by atoms with van der Waals surface area (Å²) in [6.45, 7) is 3.90. The van der Waals surface area contributed by atoms with Crippen LogP contribution in [-0.2, 0) is 4.79 Å². The summed E-state index contributed by atoms with van der Waals surface area (Å²) in [5.41, 5.74) is 1.70. The van der Waals surface area contributed by atoms with Gasteiger partial charge in [0, 0.05) is 40.3 Å². The number of carbonyl (C=O) groups is 2. The van der Waals surface area contributed by atoms with Gasteiger partial charge in [-0.3, -0.25) is 19.5 Å². The topological polar surface area (TPSA) is 62.5 Å². The number of imide groups is 1. The highest BCUT2D eigenvalue weighted by Gasteiger charge is 2.52. The summed E-state index contributed by atoms with van der Waals surface area (Å²) >= 11 is 0. The molecular formula is C27H30FN6O2+. The minimum absolute atomic E-state index is 0.210. The summed E-state index contributed by atoms with van der Waals surface area (Å²) in [5, 5.41) is 0. The molecule has 5 rings (SSSR count). The lowest BCUT2D eigenvalue weighted by Gasteiger charge is -2.35. The molecule has 0 radical (unpaired) electrons. The molecule has 3 heterocycles. The number of amidine groups is 2. The van der Waals surface area contributed by atoms with Crippen LogP contribution in [0.4, 0.5) is 14.9 Å². The summed E-state index contributed by atoms with van der Waals surface area (Å²) in [7, 11) is 3.17. The zero-order valence-corrected chi connectivity index (χ0v) is 20.5. The Hall–Kier alpha value is -3.85. The fourth-order valence-corrected chi connectivity index (χ4v) is 4.91. The molecule has 0 aromatic heterocycles. The molecule has 186 valence electrons. The third-order valence-electron chi connectivity index (χ3n) is 6.96. The van der Waals surface area contributed by atoms with Crippen LogP contribution in [-0.4, -0.2) is 102 Å². The van der Waals surface area contributed by atoms with Crippen LogP contribution < -0.4 is 4.90 Å². The monoisotopic (exact) mass is 489 g/mol. The molecule has 2 aromatic carbocycles. The lowest BCUT2D eigenvalue weighted by Crippen LogP contribution is -2.61. The quantitative estimate of drug-likeness (QED) is 0.585. The van der Waals surface area contributed by atoms with Gasteiger partial charge in [0.25, 0.3) is 17.8 Å². The van der Waals surface area contributed by atoms with Crippen LogP contribution in [0, 0.1) is 5.82 Å². The molecule has 8 nitrogen and oxygen atoms in total. The molecule has 0 spiro atoms. The van der Waals surface area contributed by atoms with Gasteiger partial charge in [0.15, 0.2) is 0 Å². The number of amides is 3. The van der Waals surface area contributed by atoms with E-state index in [1.54, 1.807) is 13.1 Å².